The van der Waals surface area contributed by atoms with Gasteiger partial charge in [0, 0.05) is 11.8 Å². The van der Waals surface area contributed by atoms with Crippen LogP contribution >= 0.6 is 0 Å². The van der Waals surface area contributed by atoms with Gasteiger partial charge < -0.3 is 10.1 Å². The average molecular weight is 427 g/mol. The molecule has 1 heterocycles. The van der Waals surface area contributed by atoms with Crippen LogP contribution in [0.3, 0.4) is 0 Å². The Morgan fingerprint density at radius 3 is 2.41 bits per heavy atom. The highest BCUT2D eigenvalue weighted by Gasteiger charge is 2.40. The zero-order valence-corrected chi connectivity index (χ0v) is 18.5. The number of benzene rings is 3. The fourth-order valence-electron chi connectivity index (χ4n) is 3.73. The summed E-state index contributed by atoms with van der Waals surface area (Å²) < 4.78 is 5.72. The van der Waals surface area contributed by atoms with Crippen molar-refractivity contribution in [3.63, 3.8) is 0 Å². The summed E-state index contributed by atoms with van der Waals surface area (Å²) in [7, 11) is 0. The van der Waals surface area contributed by atoms with E-state index in [2.05, 4.69) is 5.32 Å². The molecular formula is C27H26N2O3. The fourth-order valence-corrected chi connectivity index (χ4v) is 3.73. The van der Waals surface area contributed by atoms with Gasteiger partial charge in [0.15, 0.2) is 0 Å². The topological polar surface area (TPSA) is 58.6 Å². The SMILES string of the molecule is CCCOc1cccc(NC2=C(c3ccccc3)C(=O)N(c3cc(C)ccc3C)C2=O)c1. The lowest BCUT2D eigenvalue weighted by Crippen LogP contribution is -2.33. The van der Waals surface area contributed by atoms with Crippen LogP contribution in [0.2, 0.25) is 0 Å². The van der Waals surface area contributed by atoms with E-state index >= 15 is 0 Å². The van der Waals surface area contributed by atoms with E-state index in [-0.39, 0.29) is 17.5 Å². The van der Waals surface area contributed by atoms with Crippen molar-refractivity contribution in [2.45, 2.75) is 27.2 Å². The van der Waals surface area contributed by atoms with E-state index in [1.807, 2.05) is 93.6 Å². The van der Waals surface area contributed by atoms with Crippen molar-refractivity contribution in [1.82, 2.24) is 0 Å². The van der Waals surface area contributed by atoms with Crippen LogP contribution in [0.25, 0.3) is 5.57 Å². The summed E-state index contributed by atoms with van der Waals surface area (Å²) in [5.41, 5.74) is 4.44. The van der Waals surface area contributed by atoms with Crippen molar-refractivity contribution in [1.29, 1.82) is 0 Å². The van der Waals surface area contributed by atoms with Gasteiger partial charge in [-0.05, 0) is 55.2 Å². The summed E-state index contributed by atoms with van der Waals surface area (Å²) >= 11 is 0. The van der Waals surface area contributed by atoms with Gasteiger partial charge in [0.25, 0.3) is 11.8 Å². The Kier molecular flexibility index (Phi) is 6.08. The normalized spacial score (nSPS) is 13.7. The van der Waals surface area contributed by atoms with E-state index < -0.39 is 0 Å². The van der Waals surface area contributed by atoms with Crippen LogP contribution in [0.4, 0.5) is 11.4 Å². The van der Waals surface area contributed by atoms with Crippen LogP contribution < -0.4 is 15.0 Å². The van der Waals surface area contributed by atoms with Crippen molar-refractivity contribution in [2.24, 2.45) is 0 Å². The Morgan fingerprint density at radius 2 is 1.66 bits per heavy atom. The van der Waals surface area contributed by atoms with Gasteiger partial charge in [-0.25, -0.2) is 4.90 Å². The quantitative estimate of drug-likeness (QED) is 0.508. The smallest absolute Gasteiger partial charge is 0.282 e. The van der Waals surface area contributed by atoms with E-state index in [1.54, 1.807) is 0 Å². The minimum atomic E-state index is -0.373. The minimum Gasteiger partial charge on any atom is -0.494 e. The van der Waals surface area contributed by atoms with Gasteiger partial charge in [0.1, 0.15) is 11.4 Å². The van der Waals surface area contributed by atoms with Crippen LogP contribution in [-0.2, 0) is 9.59 Å². The van der Waals surface area contributed by atoms with Gasteiger partial charge in [-0.3, -0.25) is 9.59 Å². The van der Waals surface area contributed by atoms with Gasteiger partial charge in [-0.2, -0.15) is 0 Å². The molecule has 1 aliphatic heterocycles. The van der Waals surface area contributed by atoms with Gasteiger partial charge in [0.05, 0.1) is 17.9 Å². The Balaban J connectivity index is 1.78. The first-order valence-electron chi connectivity index (χ1n) is 10.7. The maximum absolute atomic E-state index is 13.6. The zero-order valence-electron chi connectivity index (χ0n) is 18.5. The molecule has 32 heavy (non-hydrogen) atoms. The summed E-state index contributed by atoms with van der Waals surface area (Å²) in [4.78, 5) is 28.4. The first-order valence-corrected chi connectivity index (χ1v) is 10.7. The van der Waals surface area contributed by atoms with Crippen molar-refractivity contribution < 1.29 is 14.3 Å². The molecule has 5 heteroatoms. The molecule has 0 unspecified atom stereocenters. The second kappa shape index (κ2) is 9.10. The number of ether oxygens (including phenoxy) is 1. The number of hydrogen-bond donors (Lipinski definition) is 1. The van der Waals surface area contributed by atoms with Gasteiger partial charge in [-0.1, -0.05) is 55.5 Å². The van der Waals surface area contributed by atoms with E-state index in [4.69, 9.17) is 4.74 Å². The summed E-state index contributed by atoms with van der Waals surface area (Å²) in [5, 5.41) is 3.21. The van der Waals surface area contributed by atoms with Crippen LogP contribution in [0.1, 0.15) is 30.0 Å². The van der Waals surface area contributed by atoms with Crippen LogP contribution in [0, 0.1) is 13.8 Å². The first-order chi connectivity index (χ1) is 15.5. The molecule has 0 aromatic heterocycles. The van der Waals surface area contributed by atoms with Crippen LogP contribution in [0.15, 0.2) is 78.5 Å². The Morgan fingerprint density at radius 1 is 0.875 bits per heavy atom. The summed E-state index contributed by atoms with van der Waals surface area (Å²) in [5.74, 6) is 0.0000820. The van der Waals surface area contributed by atoms with E-state index in [0.717, 1.165) is 17.5 Å². The lowest BCUT2D eigenvalue weighted by Gasteiger charge is -2.18. The monoisotopic (exact) mass is 426 g/mol. The van der Waals surface area contributed by atoms with Crippen molar-refractivity contribution in [3.05, 3.63) is 95.2 Å². The molecule has 0 spiro atoms. The van der Waals surface area contributed by atoms with Crippen LogP contribution in [-0.4, -0.2) is 18.4 Å². The Labute approximate surface area is 188 Å². The van der Waals surface area contributed by atoms with Gasteiger partial charge in [-0.15, -0.1) is 0 Å². The number of amides is 2. The number of imide groups is 1. The standard InChI is InChI=1S/C27H26N2O3/c1-4-15-32-22-12-8-11-21(17-22)28-25-24(20-9-6-5-7-10-20)26(30)29(27(25)31)23-16-18(2)13-14-19(23)3/h5-14,16-17,28H,4,15H2,1-3H3. The minimum absolute atomic E-state index is 0.259. The van der Waals surface area contributed by atoms with Crippen molar-refractivity contribution in [2.75, 3.05) is 16.8 Å². The molecular weight excluding hydrogens is 400 g/mol. The van der Waals surface area contributed by atoms with E-state index in [1.165, 1.54) is 4.90 Å². The molecule has 1 aliphatic rings. The predicted molar refractivity (Wildman–Crippen MR) is 128 cm³/mol. The lowest BCUT2D eigenvalue weighted by molar-refractivity contribution is -0.120. The number of rotatable bonds is 7. The Hall–Kier alpha value is -3.86. The number of carbonyl (C=O) groups excluding carboxylic acids is 2. The maximum atomic E-state index is 13.6. The third kappa shape index (κ3) is 4.14. The molecule has 0 bridgehead atoms. The largest absolute Gasteiger partial charge is 0.494 e. The third-order valence-electron chi connectivity index (χ3n) is 5.33. The molecule has 0 saturated heterocycles. The lowest BCUT2D eigenvalue weighted by atomic mass is 10.0. The predicted octanol–water partition coefficient (Wildman–Crippen LogP) is 5.49. The number of hydrogen-bond acceptors (Lipinski definition) is 4. The van der Waals surface area contributed by atoms with Gasteiger partial charge in [0.2, 0.25) is 0 Å². The Bertz CT molecular complexity index is 1200. The molecule has 0 aliphatic carbocycles. The highest BCUT2D eigenvalue weighted by molar-refractivity contribution is 6.46. The number of nitrogens with zero attached hydrogens (tertiary/aromatic N) is 1. The molecule has 0 saturated carbocycles. The molecule has 1 N–H and O–H groups in total. The van der Waals surface area contributed by atoms with Gasteiger partial charge >= 0.3 is 0 Å². The van der Waals surface area contributed by atoms with Crippen LogP contribution in [0.5, 0.6) is 5.75 Å². The number of anilines is 2. The second-order valence-electron chi connectivity index (χ2n) is 7.85. The number of aryl methyl sites for hydroxylation is 2. The number of nitrogens with one attached hydrogen (secondary N) is 1. The molecule has 0 fully saturated rings. The van der Waals surface area contributed by atoms with E-state index in [9.17, 15) is 9.59 Å². The summed E-state index contributed by atoms with van der Waals surface area (Å²) in [6.07, 6.45) is 0.902. The molecule has 3 aromatic carbocycles. The molecule has 162 valence electrons. The van der Waals surface area contributed by atoms with E-state index in [0.29, 0.717) is 34.9 Å². The highest BCUT2D eigenvalue weighted by atomic mass is 16.5. The number of carbonyl (C=O) groups is 2. The van der Waals surface area contributed by atoms with Crippen molar-refractivity contribution >= 4 is 28.8 Å². The molecule has 5 nitrogen and oxygen atoms in total. The molecule has 0 radical (unpaired) electrons. The fraction of sp³-hybridized carbons (Fsp3) is 0.185. The maximum Gasteiger partial charge on any atom is 0.282 e. The summed E-state index contributed by atoms with van der Waals surface area (Å²) in [6, 6.07) is 22.5. The molecule has 3 aromatic rings. The highest BCUT2D eigenvalue weighted by Crippen LogP contribution is 2.35. The molecule has 2 amide bonds. The first kappa shape index (κ1) is 21.4. The summed E-state index contributed by atoms with van der Waals surface area (Å²) in [6.45, 7) is 6.50. The third-order valence-corrected chi connectivity index (χ3v) is 5.33. The zero-order chi connectivity index (χ0) is 22.7. The van der Waals surface area contributed by atoms with Crippen molar-refractivity contribution in [3.8, 4) is 5.75 Å². The molecule has 0 atom stereocenters. The second-order valence-corrected chi connectivity index (χ2v) is 7.85. The molecule has 4 rings (SSSR count). The average Bonchev–Trinajstić information content (AvgIpc) is 3.04.